The highest BCUT2D eigenvalue weighted by Crippen LogP contribution is 2.56. The second-order valence-electron chi connectivity index (χ2n) is 4.95. The molecule has 0 amide bonds. The molecule has 0 spiro atoms. The van der Waals surface area contributed by atoms with Crippen molar-refractivity contribution in [3.63, 3.8) is 0 Å². The van der Waals surface area contributed by atoms with E-state index in [2.05, 4.69) is 13.8 Å². The number of ether oxygens (including phenoxy) is 1. The van der Waals surface area contributed by atoms with Gasteiger partial charge in [-0.2, -0.15) is 0 Å². The van der Waals surface area contributed by atoms with Crippen LogP contribution in [0.2, 0.25) is 0 Å². The third-order valence-corrected chi connectivity index (χ3v) is 3.62. The van der Waals surface area contributed by atoms with E-state index in [9.17, 15) is 10.2 Å². The molecule has 2 N–H and O–H groups in total. The van der Waals surface area contributed by atoms with Crippen molar-refractivity contribution < 1.29 is 14.9 Å². The third kappa shape index (κ3) is 1.14. The van der Waals surface area contributed by atoms with Crippen LogP contribution in [-0.2, 0) is 4.74 Å². The van der Waals surface area contributed by atoms with Gasteiger partial charge in [-0.3, -0.25) is 0 Å². The van der Waals surface area contributed by atoms with Crippen LogP contribution in [0.15, 0.2) is 0 Å². The van der Waals surface area contributed by atoms with E-state index >= 15 is 0 Å². The topological polar surface area (TPSA) is 49.7 Å². The number of hydrogen-bond acceptors (Lipinski definition) is 3. The summed E-state index contributed by atoms with van der Waals surface area (Å²) in [7, 11) is 0. The molecule has 3 nitrogen and oxygen atoms in total. The number of rotatable bonds is 1. The highest BCUT2D eigenvalue weighted by atomic mass is 16.7. The Kier molecular flexibility index (Phi) is 1.79. The minimum atomic E-state index is -1.07. The van der Waals surface area contributed by atoms with Gasteiger partial charge in [0.15, 0.2) is 11.6 Å². The third-order valence-electron chi connectivity index (χ3n) is 3.62. The highest BCUT2D eigenvalue weighted by Gasteiger charge is 2.64. The van der Waals surface area contributed by atoms with Crippen LogP contribution in [-0.4, -0.2) is 21.8 Å². The van der Waals surface area contributed by atoms with Crippen LogP contribution in [0.1, 0.15) is 33.6 Å². The molecule has 2 saturated heterocycles. The summed E-state index contributed by atoms with van der Waals surface area (Å²) in [6, 6.07) is 0. The molecule has 0 radical (unpaired) electrons. The summed E-state index contributed by atoms with van der Waals surface area (Å²) in [5.41, 5.74) is 0. The van der Waals surface area contributed by atoms with Crippen LogP contribution in [0.3, 0.4) is 0 Å². The SMILES string of the molecule is CC(C)C1CC2(O)OC1(O)CC2C. The summed E-state index contributed by atoms with van der Waals surface area (Å²) in [6.07, 6.45) is 1.13. The van der Waals surface area contributed by atoms with E-state index in [1.54, 1.807) is 0 Å². The molecule has 4 unspecified atom stereocenters. The Balaban J connectivity index is 2.25. The van der Waals surface area contributed by atoms with Crippen molar-refractivity contribution in [2.75, 3.05) is 0 Å². The van der Waals surface area contributed by atoms with Crippen LogP contribution < -0.4 is 0 Å². The van der Waals surface area contributed by atoms with E-state index in [0.29, 0.717) is 18.8 Å². The fourth-order valence-corrected chi connectivity index (χ4v) is 2.75. The Morgan fingerprint density at radius 3 is 2.15 bits per heavy atom. The Hall–Kier alpha value is -0.120. The maximum Gasteiger partial charge on any atom is 0.172 e. The van der Waals surface area contributed by atoms with Crippen LogP contribution in [0.5, 0.6) is 0 Å². The van der Waals surface area contributed by atoms with Crippen molar-refractivity contribution in [1.29, 1.82) is 0 Å². The lowest BCUT2D eigenvalue weighted by Gasteiger charge is -2.32. The summed E-state index contributed by atoms with van der Waals surface area (Å²) >= 11 is 0. The standard InChI is InChI=1S/C10H18O3/c1-6(2)8-5-9(11)7(3)4-10(8,12)13-9/h6-8,11-12H,4-5H2,1-3H3. The predicted molar refractivity (Wildman–Crippen MR) is 47.7 cm³/mol. The molecule has 0 aliphatic carbocycles. The fraction of sp³-hybridized carbons (Fsp3) is 1.00. The Morgan fingerprint density at radius 1 is 1.23 bits per heavy atom. The van der Waals surface area contributed by atoms with Gasteiger partial charge in [-0.1, -0.05) is 20.8 Å². The summed E-state index contributed by atoms with van der Waals surface area (Å²) < 4.78 is 5.34. The highest BCUT2D eigenvalue weighted by molar-refractivity contribution is 5.03. The first-order chi connectivity index (χ1) is 5.87. The largest absolute Gasteiger partial charge is 0.365 e. The van der Waals surface area contributed by atoms with Gasteiger partial charge in [0.1, 0.15) is 0 Å². The second-order valence-corrected chi connectivity index (χ2v) is 4.95. The molecule has 76 valence electrons. The summed E-state index contributed by atoms with van der Waals surface area (Å²) in [4.78, 5) is 0. The van der Waals surface area contributed by atoms with Gasteiger partial charge in [-0.15, -0.1) is 0 Å². The number of fused-ring (bicyclic) bond motifs is 2. The first-order valence-electron chi connectivity index (χ1n) is 5.02. The van der Waals surface area contributed by atoms with Gasteiger partial charge < -0.3 is 14.9 Å². The van der Waals surface area contributed by atoms with Gasteiger partial charge in [0.05, 0.1) is 0 Å². The van der Waals surface area contributed by atoms with E-state index in [4.69, 9.17) is 4.74 Å². The van der Waals surface area contributed by atoms with Gasteiger partial charge >= 0.3 is 0 Å². The maximum absolute atomic E-state index is 10.1. The van der Waals surface area contributed by atoms with Crippen molar-refractivity contribution in [3.05, 3.63) is 0 Å². The van der Waals surface area contributed by atoms with Crippen molar-refractivity contribution in [2.24, 2.45) is 17.8 Å². The molecule has 13 heavy (non-hydrogen) atoms. The molecule has 2 aliphatic heterocycles. The van der Waals surface area contributed by atoms with E-state index < -0.39 is 11.6 Å². The predicted octanol–water partition coefficient (Wildman–Crippen LogP) is 1.10. The van der Waals surface area contributed by atoms with Gasteiger partial charge in [0, 0.05) is 24.7 Å². The Bertz CT molecular complexity index is 228. The molecule has 2 bridgehead atoms. The van der Waals surface area contributed by atoms with E-state index in [0.717, 1.165) is 0 Å². The minimum absolute atomic E-state index is 0.0486. The minimum Gasteiger partial charge on any atom is -0.365 e. The van der Waals surface area contributed by atoms with Crippen molar-refractivity contribution in [1.82, 2.24) is 0 Å². The normalized spacial score (nSPS) is 54.9. The molecule has 2 aliphatic rings. The number of hydrogen-bond donors (Lipinski definition) is 2. The molecule has 2 rings (SSSR count). The number of aliphatic hydroxyl groups is 2. The summed E-state index contributed by atoms with van der Waals surface area (Å²) in [5, 5.41) is 20.1. The maximum atomic E-state index is 10.1. The van der Waals surface area contributed by atoms with E-state index in [1.807, 2.05) is 6.92 Å². The molecule has 3 heteroatoms. The van der Waals surface area contributed by atoms with Gasteiger partial charge in [0.25, 0.3) is 0 Å². The molecule has 2 heterocycles. The van der Waals surface area contributed by atoms with E-state index in [-0.39, 0.29) is 11.8 Å². The lowest BCUT2D eigenvalue weighted by atomic mass is 9.74. The van der Waals surface area contributed by atoms with E-state index in [1.165, 1.54) is 0 Å². The summed E-state index contributed by atoms with van der Waals surface area (Å²) in [5.74, 6) is -1.65. The lowest BCUT2D eigenvalue weighted by molar-refractivity contribution is -0.257. The molecule has 0 aromatic rings. The van der Waals surface area contributed by atoms with Crippen LogP contribution in [0, 0.1) is 17.8 Å². The zero-order valence-electron chi connectivity index (χ0n) is 8.45. The molecule has 0 saturated carbocycles. The van der Waals surface area contributed by atoms with Gasteiger partial charge in [-0.05, 0) is 5.92 Å². The fourth-order valence-electron chi connectivity index (χ4n) is 2.75. The average molecular weight is 186 g/mol. The smallest absolute Gasteiger partial charge is 0.172 e. The molecule has 0 aromatic carbocycles. The van der Waals surface area contributed by atoms with Gasteiger partial charge in [-0.25, -0.2) is 0 Å². The zero-order valence-corrected chi connectivity index (χ0v) is 8.45. The quantitative estimate of drug-likeness (QED) is 0.644. The molecule has 2 fully saturated rings. The second kappa shape index (κ2) is 2.47. The van der Waals surface area contributed by atoms with Crippen LogP contribution in [0.4, 0.5) is 0 Å². The Labute approximate surface area is 78.7 Å². The Morgan fingerprint density at radius 2 is 1.85 bits per heavy atom. The van der Waals surface area contributed by atoms with Crippen LogP contribution in [0.25, 0.3) is 0 Å². The van der Waals surface area contributed by atoms with Crippen molar-refractivity contribution >= 4 is 0 Å². The first-order valence-corrected chi connectivity index (χ1v) is 5.02. The average Bonchev–Trinajstić information content (AvgIpc) is 2.34. The van der Waals surface area contributed by atoms with Crippen molar-refractivity contribution in [2.45, 2.75) is 45.2 Å². The molecule has 4 atom stereocenters. The monoisotopic (exact) mass is 186 g/mol. The molecular formula is C10H18O3. The molecule has 0 aromatic heterocycles. The first kappa shape index (κ1) is 9.44. The summed E-state index contributed by atoms with van der Waals surface area (Å²) in [6.45, 7) is 6.04. The van der Waals surface area contributed by atoms with Gasteiger partial charge in [0.2, 0.25) is 0 Å². The molecular weight excluding hydrogens is 168 g/mol. The zero-order chi connectivity index (χ0) is 9.85. The lowest BCUT2D eigenvalue weighted by Crippen LogP contribution is -2.39. The van der Waals surface area contributed by atoms with Crippen LogP contribution >= 0.6 is 0 Å². The van der Waals surface area contributed by atoms with Crippen molar-refractivity contribution in [3.8, 4) is 0 Å².